The van der Waals surface area contributed by atoms with Gasteiger partial charge in [0.2, 0.25) is 0 Å². The Labute approximate surface area is 147 Å². The van der Waals surface area contributed by atoms with Crippen molar-refractivity contribution in [3.63, 3.8) is 0 Å². The SMILES string of the molecule is [C-]1=C[C-]=C/C=C\C=C/1.[K+].[K+]. The Kier molecular flexibility index (Phi) is 16.6. The van der Waals surface area contributed by atoms with Crippen LogP contribution < -0.4 is 103 Å². The summed E-state index contributed by atoms with van der Waals surface area (Å²) in [6.07, 6.45) is 17.0. The summed E-state index contributed by atoms with van der Waals surface area (Å²) < 4.78 is 0. The van der Waals surface area contributed by atoms with E-state index in [0.717, 1.165) is 0 Å². The summed E-state index contributed by atoms with van der Waals surface area (Å²) in [5.74, 6) is 0. The van der Waals surface area contributed by atoms with Crippen LogP contribution in [0, 0.1) is 12.2 Å². The van der Waals surface area contributed by atoms with Gasteiger partial charge in [0.05, 0.1) is 0 Å². The fraction of sp³-hybridized carbons (Fsp3) is 0. The molecule has 0 saturated carbocycles. The molecule has 0 aromatic heterocycles. The Balaban J connectivity index is 0. The largest absolute Gasteiger partial charge is 1.00 e. The van der Waals surface area contributed by atoms with Crippen LogP contribution in [0.2, 0.25) is 0 Å². The van der Waals surface area contributed by atoms with Gasteiger partial charge in [-0.25, -0.2) is 0 Å². The molecular weight excluding hydrogens is 174 g/mol. The molecule has 0 nitrogen and oxygen atoms in total. The molecule has 40 valence electrons. The van der Waals surface area contributed by atoms with Crippen LogP contribution in [0.25, 0.3) is 0 Å². The minimum atomic E-state index is 0. The van der Waals surface area contributed by atoms with Gasteiger partial charge in [-0.1, -0.05) is 0 Å². The second kappa shape index (κ2) is 11.2. The first-order valence-corrected chi connectivity index (χ1v) is 2.49. The van der Waals surface area contributed by atoms with Crippen LogP contribution in [0.15, 0.2) is 36.5 Å². The molecule has 0 N–H and O–H groups in total. The Morgan fingerprint density at radius 1 is 0.800 bits per heavy atom. The number of hydrogen-bond acceptors (Lipinski definition) is 0. The molecule has 0 heterocycles. The number of hydrogen-bond donors (Lipinski definition) is 0. The van der Waals surface area contributed by atoms with E-state index in [-0.39, 0.29) is 103 Å². The maximum absolute atomic E-state index is 2.89. The summed E-state index contributed by atoms with van der Waals surface area (Å²) >= 11 is 0. The van der Waals surface area contributed by atoms with E-state index in [4.69, 9.17) is 0 Å². The Morgan fingerprint density at radius 2 is 1.60 bits per heavy atom. The van der Waals surface area contributed by atoms with E-state index in [9.17, 15) is 0 Å². The minimum absolute atomic E-state index is 0. The van der Waals surface area contributed by atoms with E-state index in [1.807, 2.05) is 30.4 Å². The average molecular weight is 180 g/mol. The van der Waals surface area contributed by atoms with Crippen LogP contribution in [0.3, 0.4) is 0 Å². The van der Waals surface area contributed by atoms with Gasteiger partial charge in [-0.05, 0) is 0 Å². The molecule has 0 aromatic rings. The molecule has 0 bridgehead atoms. The van der Waals surface area contributed by atoms with Crippen LogP contribution in [-0.2, 0) is 0 Å². The smallest absolute Gasteiger partial charge is 0.359 e. The topological polar surface area (TPSA) is 0 Å². The zero-order valence-corrected chi connectivity index (χ0v) is 12.7. The van der Waals surface area contributed by atoms with E-state index in [2.05, 4.69) is 12.2 Å². The summed E-state index contributed by atoms with van der Waals surface area (Å²) in [6, 6.07) is 0. The maximum atomic E-state index is 2.89. The quantitative estimate of drug-likeness (QED) is 0.262. The van der Waals surface area contributed by atoms with Crippen molar-refractivity contribution in [3.8, 4) is 0 Å². The summed E-state index contributed by atoms with van der Waals surface area (Å²) in [5, 5.41) is 0. The molecule has 1 rings (SSSR count). The third-order valence-corrected chi connectivity index (χ3v) is 0.774. The van der Waals surface area contributed by atoms with Crippen LogP contribution in [0.4, 0.5) is 0 Å². The first kappa shape index (κ1) is 14.7. The minimum Gasteiger partial charge on any atom is -0.359 e. The first-order chi connectivity index (χ1) is 4.00. The van der Waals surface area contributed by atoms with Crippen molar-refractivity contribution in [1.82, 2.24) is 0 Å². The van der Waals surface area contributed by atoms with Gasteiger partial charge in [-0.3, -0.25) is 12.2 Å². The first-order valence-electron chi connectivity index (χ1n) is 2.49. The van der Waals surface area contributed by atoms with Crippen molar-refractivity contribution in [2.75, 3.05) is 0 Å². The van der Waals surface area contributed by atoms with Crippen LogP contribution >= 0.6 is 0 Å². The third-order valence-electron chi connectivity index (χ3n) is 0.774. The normalized spacial score (nSPS) is 19.2. The molecule has 0 aliphatic heterocycles. The van der Waals surface area contributed by atoms with Gasteiger partial charge < -0.3 is 18.2 Å². The van der Waals surface area contributed by atoms with Gasteiger partial charge in [0.1, 0.15) is 0 Å². The summed E-state index contributed by atoms with van der Waals surface area (Å²) in [7, 11) is 0. The van der Waals surface area contributed by atoms with Crippen molar-refractivity contribution >= 4 is 0 Å². The molecule has 0 radical (unpaired) electrons. The van der Waals surface area contributed by atoms with Crippen molar-refractivity contribution in [2.45, 2.75) is 0 Å². The van der Waals surface area contributed by atoms with Crippen LogP contribution in [0.1, 0.15) is 0 Å². The van der Waals surface area contributed by atoms with Crippen molar-refractivity contribution in [2.24, 2.45) is 0 Å². The van der Waals surface area contributed by atoms with Crippen molar-refractivity contribution < 1.29 is 103 Å². The van der Waals surface area contributed by atoms with Crippen molar-refractivity contribution in [1.29, 1.82) is 0 Å². The molecule has 10 heavy (non-hydrogen) atoms. The molecule has 2 heteroatoms. The van der Waals surface area contributed by atoms with E-state index >= 15 is 0 Å². The molecule has 0 saturated heterocycles. The van der Waals surface area contributed by atoms with E-state index in [1.165, 1.54) is 0 Å². The maximum Gasteiger partial charge on any atom is 1.00 e. The van der Waals surface area contributed by atoms with Crippen LogP contribution in [-0.4, -0.2) is 0 Å². The average Bonchev–Trinajstić information content (AvgIpc) is 1.62. The Bertz CT molecular complexity index is 108. The van der Waals surface area contributed by atoms with E-state index < -0.39 is 0 Å². The fourth-order valence-electron chi connectivity index (χ4n) is 0.431. The Morgan fingerprint density at radius 3 is 2.40 bits per heavy atom. The van der Waals surface area contributed by atoms with Gasteiger partial charge in [-0.2, -0.15) is 12.2 Å². The molecule has 0 unspecified atom stereocenters. The zero-order chi connectivity index (χ0) is 5.66. The molecule has 0 aromatic carbocycles. The second-order valence-corrected chi connectivity index (χ2v) is 1.39. The molecule has 0 atom stereocenters. The summed E-state index contributed by atoms with van der Waals surface area (Å²) in [6.45, 7) is 0. The standard InChI is InChI=1S/C8H6.2K/c1-2-4-6-8-7-5-3-1;;/h1-5,8H;;/q-2;2*+1/b2-1-,3-1?,4-2?,5-3-;;. The van der Waals surface area contributed by atoms with Gasteiger partial charge >= 0.3 is 103 Å². The molecule has 0 amide bonds. The summed E-state index contributed by atoms with van der Waals surface area (Å²) in [4.78, 5) is 0. The predicted molar refractivity (Wildman–Crippen MR) is 33.9 cm³/mol. The molecular formula is C8H6K2. The zero-order valence-electron chi connectivity index (χ0n) is 6.46. The molecule has 0 spiro atoms. The molecule has 1 aliphatic carbocycles. The van der Waals surface area contributed by atoms with Gasteiger partial charge in [0, 0.05) is 0 Å². The molecule has 0 fully saturated rings. The third kappa shape index (κ3) is 8.33. The number of allylic oxidation sites excluding steroid dienone is 8. The van der Waals surface area contributed by atoms with Crippen molar-refractivity contribution in [3.05, 3.63) is 48.6 Å². The fourth-order valence-corrected chi connectivity index (χ4v) is 0.431. The summed E-state index contributed by atoms with van der Waals surface area (Å²) in [5.41, 5.74) is 0. The van der Waals surface area contributed by atoms with Gasteiger partial charge in [0.15, 0.2) is 0 Å². The van der Waals surface area contributed by atoms with Gasteiger partial charge in [-0.15, -0.1) is 6.08 Å². The van der Waals surface area contributed by atoms with E-state index in [1.54, 1.807) is 6.08 Å². The number of rotatable bonds is 0. The Hall–Kier alpha value is 2.23. The predicted octanol–water partition coefficient (Wildman–Crippen LogP) is -4.16. The van der Waals surface area contributed by atoms with Gasteiger partial charge in [0.25, 0.3) is 0 Å². The van der Waals surface area contributed by atoms with E-state index in [0.29, 0.717) is 0 Å². The second-order valence-electron chi connectivity index (χ2n) is 1.39. The van der Waals surface area contributed by atoms with Crippen LogP contribution in [0.5, 0.6) is 0 Å². The molecule has 1 aliphatic rings. The monoisotopic (exact) mass is 180 g/mol.